The monoisotopic (exact) mass is 307 g/mol. The second-order valence-electron chi connectivity index (χ2n) is 5.45. The number of aliphatic carboxylic acids is 1. The van der Waals surface area contributed by atoms with E-state index in [2.05, 4.69) is 5.32 Å². The number of benzene rings is 1. The van der Waals surface area contributed by atoms with Gasteiger partial charge in [0, 0.05) is 18.2 Å². The van der Waals surface area contributed by atoms with Gasteiger partial charge >= 0.3 is 5.97 Å². The molecule has 0 aliphatic carbocycles. The van der Waals surface area contributed by atoms with Gasteiger partial charge in [-0.2, -0.15) is 0 Å². The van der Waals surface area contributed by atoms with Crippen molar-refractivity contribution in [1.82, 2.24) is 5.32 Å². The minimum atomic E-state index is -0.943. The van der Waals surface area contributed by atoms with Crippen molar-refractivity contribution in [2.45, 2.75) is 38.3 Å². The molecule has 2 N–H and O–H groups in total. The molecule has 2 unspecified atom stereocenters. The molecule has 1 amide bonds. The molecule has 1 fully saturated rings. The van der Waals surface area contributed by atoms with Crippen LogP contribution < -0.4 is 10.1 Å². The summed E-state index contributed by atoms with van der Waals surface area (Å²) in [5.41, 5.74) is 0.446. The molecule has 2 rings (SSSR count). The van der Waals surface area contributed by atoms with E-state index in [1.807, 2.05) is 0 Å². The Bertz CT molecular complexity index is 525. The Labute approximate surface area is 129 Å². The summed E-state index contributed by atoms with van der Waals surface area (Å²) >= 11 is 0. The quantitative estimate of drug-likeness (QED) is 0.803. The third kappa shape index (κ3) is 5.04. The number of carboxylic acids is 1. The van der Waals surface area contributed by atoms with Crippen molar-refractivity contribution in [3.05, 3.63) is 29.8 Å². The van der Waals surface area contributed by atoms with Crippen LogP contribution in [0.4, 0.5) is 0 Å². The average molecular weight is 307 g/mol. The molecule has 120 valence electrons. The molecule has 0 bridgehead atoms. The van der Waals surface area contributed by atoms with Gasteiger partial charge in [-0.05, 0) is 38.0 Å². The normalized spacial score (nSPS) is 18.7. The maximum absolute atomic E-state index is 12.1. The van der Waals surface area contributed by atoms with Crippen molar-refractivity contribution in [3.63, 3.8) is 0 Å². The predicted molar refractivity (Wildman–Crippen MR) is 80.1 cm³/mol. The maximum Gasteiger partial charge on any atom is 0.305 e. The Hall–Kier alpha value is -2.08. The lowest BCUT2D eigenvalue weighted by molar-refractivity contribution is -0.137. The Morgan fingerprint density at radius 3 is 3.00 bits per heavy atom. The third-order valence-electron chi connectivity index (χ3n) is 3.41. The molecule has 0 aromatic heterocycles. The number of carbonyl (C=O) groups is 2. The van der Waals surface area contributed by atoms with Crippen LogP contribution in [0.3, 0.4) is 0 Å². The molecule has 2 atom stereocenters. The summed E-state index contributed by atoms with van der Waals surface area (Å²) in [5, 5.41) is 11.4. The Kier molecular flexibility index (Phi) is 5.77. The lowest BCUT2D eigenvalue weighted by Gasteiger charge is -2.14. The SMILES string of the molecule is CC(CC(=O)O)NC(=O)c1cccc(OCC2CCCO2)c1. The molecule has 0 saturated carbocycles. The number of ether oxygens (including phenoxy) is 2. The summed E-state index contributed by atoms with van der Waals surface area (Å²) in [6.07, 6.45) is 2.05. The molecule has 0 radical (unpaired) electrons. The van der Waals surface area contributed by atoms with E-state index < -0.39 is 12.0 Å². The van der Waals surface area contributed by atoms with Crippen molar-refractivity contribution in [2.24, 2.45) is 0 Å². The van der Waals surface area contributed by atoms with Crippen molar-refractivity contribution < 1.29 is 24.2 Å². The molecule has 1 aromatic rings. The zero-order chi connectivity index (χ0) is 15.9. The maximum atomic E-state index is 12.1. The molecular formula is C16H21NO5. The van der Waals surface area contributed by atoms with Crippen molar-refractivity contribution in [3.8, 4) is 5.75 Å². The van der Waals surface area contributed by atoms with E-state index in [0.29, 0.717) is 17.9 Å². The fourth-order valence-corrected chi connectivity index (χ4v) is 2.31. The average Bonchev–Trinajstić information content (AvgIpc) is 2.97. The predicted octanol–water partition coefficient (Wildman–Crippen LogP) is 1.84. The summed E-state index contributed by atoms with van der Waals surface area (Å²) in [5.74, 6) is -0.646. The number of hydrogen-bond donors (Lipinski definition) is 2. The Morgan fingerprint density at radius 1 is 1.50 bits per heavy atom. The molecular weight excluding hydrogens is 286 g/mol. The van der Waals surface area contributed by atoms with Gasteiger partial charge in [0.1, 0.15) is 12.4 Å². The largest absolute Gasteiger partial charge is 0.491 e. The topological polar surface area (TPSA) is 84.9 Å². The second kappa shape index (κ2) is 7.79. The standard InChI is InChI=1S/C16H21NO5/c1-11(8-15(18)19)17-16(20)12-4-2-5-13(9-12)22-10-14-6-3-7-21-14/h2,4-5,9,11,14H,3,6-8,10H2,1H3,(H,17,20)(H,18,19). The first kappa shape index (κ1) is 16.3. The first-order chi connectivity index (χ1) is 10.5. The number of nitrogens with one attached hydrogen (secondary N) is 1. The highest BCUT2D eigenvalue weighted by Crippen LogP contribution is 2.17. The number of carboxylic acid groups (broad SMARTS) is 1. The Balaban J connectivity index is 1.89. The van der Waals surface area contributed by atoms with Crippen LogP contribution in [0.2, 0.25) is 0 Å². The van der Waals surface area contributed by atoms with Crippen LogP contribution in [0.15, 0.2) is 24.3 Å². The van der Waals surface area contributed by atoms with E-state index in [1.165, 1.54) is 0 Å². The van der Waals surface area contributed by atoms with Crippen molar-refractivity contribution in [2.75, 3.05) is 13.2 Å². The first-order valence-electron chi connectivity index (χ1n) is 7.41. The van der Waals surface area contributed by atoms with Gasteiger partial charge < -0.3 is 19.9 Å². The van der Waals surface area contributed by atoms with Crippen molar-refractivity contribution in [1.29, 1.82) is 0 Å². The van der Waals surface area contributed by atoms with Crippen LogP contribution >= 0.6 is 0 Å². The fraction of sp³-hybridized carbons (Fsp3) is 0.500. The number of carbonyl (C=O) groups excluding carboxylic acids is 1. The van der Waals surface area contributed by atoms with E-state index in [9.17, 15) is 9.59 Å². The first-order valence-corrected chi connectivity index (χ1v) is 7.41. The molecule has 22 heavy (non-hydrogen) atoms. The number of amides is 1. The van der Waals surface area contributed by atoms with Crippen LogP contribution in [-0.2, 0) is 9.53 Å². The summed E-state index contributed by atoms with van der Waals surface area (Å²) < 4.78 is 11.1. The van der Waals surface area contributed by atoms with E-state index >= 15 is 0 Å². The van der Waals surface area contributed by atoms with Crippen LogP contribution in [0.1, 0.15) is 36.5 Å². The van der Waals surface area contributed by atoms with Gasteiger partial charge in [-0.3, -0.25) is 9.59 Å². The lowest BCUT2D eigenvalue weighted by Crippen LogP contribution is -2.34. The van der Waals surface area contributed by atoms with E-state index in [-0.39, 0.29) is 18.4 Å². The van der Waals surface area contributed by atoms with Gasteiger partial charge in [-0.1, -0.05) is 6.07 Å². The Morgan fingerprint density at radius 2 is 2.32 bits per heavy atom. The summed E-state index contributed by atoms with van der Waals surface area (Å²) in [7, 11) is 0. The van der Waals surface area contributed by atoms with Gasteiger partial charge in [0.2, 0.25) is 0 Å². The molecule has 1 saturated heterocycles. The van der Waals surface area contributed by atoms with Crippen LogP contribution in [-0.4, -0.2) is 42.3 Å². The third-order valence-corrected chi connectivity index (χ3v) is 3.41. The van der Waals surface area contributed by atoms with Crippen LogP contribution in [0, 0.1) is 0 Å². The summed E-state index contributed by atoms with van der Waals surface area (Å²) in [6.45, 7) is 2.90. The number of rotatable bonds is 7. The minimum Gasteiger partial charge on any atom is -0.491 e. The van der Waals surface area contributed by atoms with Gasteiger partial charge in [0.25, 0.3) is 5.91 Å². The minimum absolute atomic E-state index is 0.110. The summed E-state index contributed by atoms with van der Waals surface area (Å²) in [4.78, 5) is 22.7. The van der Waals surface area contributed by atoms with Crippen LogP contribution in [0.25, 0.3) is 0 Å². The summed E-state index contributed by atoms with van der Waals surface area (Å²) in [6, 6.07) is 6.41. The zero-order valence-corrected chi connectivity index (χ0v) is 12.6. The molecule has 1 heterocycles. The van der Waals surface area contributed by atoms with Gasteiger partial charge in [-0.25, -0.2) is 0 Å². The van der Waals surface area contributed by atoms with E-state index in [1.54, 1.807) is 31.2 Å². The highest BCUT2D eigenvalue weighted by Gasteiger charge is 2.17. The highest BCUT2D eigenvalue weighted by molar-refractivity contribution is 5.94. The molecule has 6 heteroatoms. The van der Waals surface area contributed by atoms with Gasteiger partial charge in [0.05, 0.1) is 12.5 Å². The zero-order valence-electron chi connectivity index (χ0n) is 12.6. The fourth-order valence-electron chi connectivity index (χ4n) is 2.31. The van der Waals surface area contributed by atoms with Crippen LogP contribution in [0.5, 0.6) is 5.75 Å². The highest BCUT2D eigenvalue weighted by atomic mass is 16.5. The number of hydrogen-bond acceptors (Lipinski definition) is 4. The molecule has 6 nitrogen and oxygen atoms in total. The molecule has 0 spiro atoms. The molecule has 1 aromatic carbocycles. The van der Waals surface area contributed by atoms with E-state index in [0.717, 1.165) is 19.4 Å². The smallest absolute Gasteiger partial charge is 0.305 e. The van der Waals surface area contributed by atoms with Crippen molar-refractivity contribution >= 4 is 11.9 Å². The second-order valence-corrected chi connectivity index (χ2v) is 5.45. The van der Waals surface area contributed by atoms with E-state index in [4.69, 9.17) is 14.6 Å². The van der Waals surface area contributed by atoms with Gasteiger partial charge in [0.15, 0.2) is 0 Å². The molecule has 1 aliphatic rings. The molecule has 1 aliphatic heterocycles. The lowest BCUT2D eigenvalue weighted by atomic mass is 10.1. The van der Waals surface area contributed by atoms with Gasteiger partial charge in [-0.15, -0.1) is 0 Å².